The maximum absolute atomic E-state index is 10.9. The maximum Gasteiger partial charge on any atom is 0.230 e. The summed E-state index contributed by atoms with van der Waals surface area (Å²) in [5.74, 6) is 1.74. The largest absolute Gasteiger partial charge is 0.492 e. The first-order valence-corrected chi connectivity index (χ1v) is 11.2. The summed E-state index contributed by atoms with van der Waals surface area (Å²) in [5.41, 5.74) is 1.34. The van der Waals surface area contributed by atoms with E-state index in [1.165, 1.54) is 16.9 Å². The second-order valence-electron chi connectivity index (χ2n) is 7.58. The fraction of sp³-hybridized carbons (Fsp3) is 0.364. The third-order valence-corrected chi connectivity index (χ3v) is 6.71. The van der Waals surface area contributed by atoms with E-state index in [0.29, 0.717) is 0 Å². The number of rotatable bonds is 6. The average Bonchev–Trinajstić information content (AvgIpc) is 3.50. The Morgan fingerprint density at radius 3 is 2.57 bits per heavy atom. The minimum Gasteiger partial charge on any atom is -0.492 e. The Balaban J connectivity index is 1.38. The molecule has 0 saturated carbocycles. The molecule has 0 radical (unpaired) electrons. The van der Waals surface area contributed by atoms with Gasteiger partial charge in [0, 0.05) is 39.1 Å². The Morgan fingerprint density at radius 2 is 1.90 bits per heavy atom. The quantitative estimate of drug-likeness (QED) is 0.511. The van der Waals surface area contributed by atoms with Gasteiger partial charge in [-0.1, -0.05) is 48.6 Å². The summed E-state index contributed by atoms with van der Waals surface area (Å²) in [6.07, 6.45) is 2.44. The molecular formula is C22H25N5O2S. The number of fused-ring (bicyclic) bond motifs is 1. The topological polar surface area (TPSA) is 70.0 Å². The minimum absolute atomic E-state index is 0.141. The number of hydrogen-bond acceptors (Lipinski definition) is 7. The van der Waals surface area contributed by atoms with Gasteiger partial charge in [-0.15, -0.1) is 5.10 Å². The lowest BCUT2D eigenvalue weighted by atomic mass is 10.1. The zero-order valence-corrected chi connectivity index (χ0v) is 17.8. The van der Waals surface area contributed by atoms with Gasteiger partial charge >= 0.3 is 0 Å². The van der Waals surface area contributed by atoms with Crippen LogP contribution in [0, 0.1) is 0 Å². The van der Waals surface area contributed by atoms with E-state index in [9.17, 15) is 5.11 Å². The minimum atomic E-state index is -0.141. The van der Waals surface area contributed by atoms with E-state index >= 15 is 0 Å². The Kier molecular flexibility index (Phi) is 5.28. The molecule has 8 heteroatoms. The van der Waals surface area contributed by atoms with Gasteiger partial charge < -0.3 is 9.52 Å². The molecule has 1 saturated heterocycles. The molecule has 1 N–H and O–H groups in total. The van der Waals surface area contributed by atoms with Gasteiger partial charge in [-0.25, -0.2) is 4.98 Å². The molecule has 0 amide bonds. The first-order chi connectivity index (χ1) is 14.7. The van der Waals surface area contributed by atoms with Crippen molar-refractivity contribution in [1.29, 1.82) is 0 Å². The summed E-state index contributed by atoms with van der Waals surface area (Å²) < 4.78 is 7.34. The first kappa shape index (κ1) is 19.3. The molecule has 156 valence electrons. The molecule has 4 aromatic rings. The number of furan rings is 1. The second-order valence-corrected chi connectivity index (χ2v) is 8.59. The van der Waals surface area contributed by atoms with E-state index in [2.05, 4.69) is 50.2 Å². The monoisotopic (exact) mass is 423 g/mol. The highest BCUT2D eigenvalue weighted by atomic mass is 32.1. The normalized spacial score (nSPS) is 17.0. The highest BCUT2D eigenvalue weighted by molar-refractivity contribution is 7.17. The Bertz CT molecular complexity index is 1100. The highest BCUT2D eigenvalue weighted by Gasteiger charge is 2.33. The predicted molar refractivity (Wildman–Crippen MR) is 116 cm³/mol. The Morgan fingerprint density at radius 1 is 1.10 bits per heavy atom. The van der Waals surface area contributed by atoms with Crippen LogP contribution in [0.3, 0.4) is 0 Å². The fourth-order valence-corrected chi connectivity index (χ4v) is 5.18. The van der Waals surface area contributed by atoms with Gasteiger partial charge in [0.15, 0.2) is 5.82 Å². The zero-order chi connectivity index (χ0) is 20.5. The van der Waals surface area contributed by atoms with E-state index < -0.39 is 0 Å². The van der Waals surface area contributed by atoms with Crippen LogP contribution >= 0.6 is 11.3 Å². The molecule has 0 aliphatic carbocycles. The van der Waals surface area contributed by atoms with Crippen molar-refractivity contribution in [3.05, 3.63) is 70.8 Å². The van der Waals surface area contributed by atoms with Gasteiger partial charge in [-0.3, -0.25) is 9.80 Å². The second kappa shape index (κ2) is 8.22. The summed E-state index contributed by atoms with van der Waals surface area (Å²) in [6.45, 7) is 6.69. The molecule has 0 spiro atoms. The van der Waals surface area contributed by atoms with Gasteiger partial charge in [0.25, 0.3) is 0 Å². The van der Waals surface area contributed by atoms with Crippen molar-refractivity contribution in [2.24, 2.45) is 0 Å². The molecule has 1 aliphatic rings. The lowest BCUT2D eigenvalue weighted by Gasteiger charge is -2.38. The highest BCUT2D eigenvalue weighted by Crippen LogP contribution is 2.40. The molecule has 7 nitrogen and oxygen atoms in total. The number of aryl methyl sites for hydroxylation is 1. The number of benzene rings is 1. The molecule has 1 aromatic carbocycles. The van der Waals surface area contributed by atoms with Crippen molar-refractivity contribution in [3.63, 3.8) is 0 Å². The van der Waals surface area contributed by atoms with Crippen LogP contribution in [-0.2, 0) is 13.0 Å². The number of nitrogens with zero attached hydrogens (tertiary/aromatic N) is 5. The maximum atomic E-state index is 10.9. The lowest BCUT2D eigenvalue weighted by Crippen LogP contribution is -2.47. The zero-order valence-electron chi connectivity index (χ0n) is 16.9. The molecule has 1 fully saturated rings. The van der Waals surface area contributed by atoms with Crippen LogP contribution in [0.2, 0.25) is 0 Å². The summed E-state index contributed by atoms with van der Waals surface area (Å²) in [6, 6.07) is 14.3. The predicted octanol–water partition coefficient (Wildman–Crippen LogP) is 3.56. The standard InChI is InChI=1S/C22H25N5O2S/c1-2-18-23-22-27(24-18)21(28)20(30-22)19(17-9-6-14-29-17)26-12-10-25(11-13-26)15-16-7-4-3-5-8-16/h3-9,14,19,28H,2,10-13,15H2,1H3/t19-/m0/s1. The molecule has 3 aromatic heterocycles. The summed E-state index contributed by atoms with van der Waals surface area (Å²) in [5, 5.41) is 15.4. The third kappa shape index (κ3) is 3.62. The molecule has 4 heterocycles. The van der Waals surface area contributed by atoms with Gasteiger partial charge in [-0.05, 0) is 17.7 Å². The molecule has 5 rings (SSSR count). The molecule has 0 unspecified atom stereocenters. The van der Waals surface area contributed by atoms with Crippen molar-refractivity contribution >= 4 is 16.3 Å². The molecule has 0 bridgehead atoms. The van der Waals surface area contributed by atoms with E-state index in [-0.39, 0.29) is 11.9 Å². The number of piperazine rings is 1. The van der Waals surface area contributed by atoms with Crippen LogP contribution in [0.25, 0.3) is 4.96 Å². The van der Waals surface area contributed by atoms with Crippen LogP contribution < -0.4 is 0 Å². The van der Waals surface area contributed by atoms with E-state index in [4.69, 9.17) is 4.42 Å². The fourth-order valence-electron chi connectivity index (χ4n) is 4.06. The van der Waals surface area contributed by atoms with Crippen molar-refractivity contribution in [2.45, 2.75) is 25.9 Å². The summed E-state index contributed by atoms with van der Waals surface area (Å²) in [4.78, 5) is 10.9. The number of thiazole rings is 1. The number of hydrogen-bond donors (Lipinski definition) is 1. The van der Waals surface area contributed by atoms with Crippen LogP contribution in [0.5, 0.6) is 5.88 Å². The summed E-state index contributed by atoms with van der Waals surface area (Å²) >= 11 is 1.49. The van der Waals surface area contributed by atoms with E-state index in [1.54, 1.807) is 10.8 Å². The average molecular weight is 424 g/mol. The SMILES string of the molecule is CCc1nc2sc([C@H](c3ccco3)N3CCN(Cc4ccccc4)CC3)c(O)n2n1. The Labute approximate surface area is 179 Å². The van der Waals surface area contributed by atoms with Crippen LogP contribution in [0.15, 0.2) is 53.1 Å². The smallest absolute Gasteiger partial charge is 0.230 e. The van der Waals surface area contributed by atoms with Crippen LogP contribution in [0.1, 0.15) is 35.0 Å². The van der Waals surface area contributed by atoms with E-state index in [1.807, 2.05) is 19.1 Å². The number of aromatic hydroxyl groups is 1. The van der Waals surface area contributed by atoms with Crippen molar-refractivity contribution < 1.29 is 9.52 Å². The van der Waals surface area contributed by atoms with Crippen LogP contribution in [0.4, 0.5) is 0 Å². The summed E-state index contributed by atoms with van der Waals surface area (Å²) in [7, 11) is 0. The first-order valence-electron chi connectivity index (χ1n) is 10.3. The van der Waals surface area contributed by atoms with Crippen LogP contribution in [-0.4, -0.2) is 55.7 Å². The molecule has 30 heavy (non-hydrogen) atoms. The van der Waals surface area contributed by atoms with Gasteiger partial charge in [-0.2, -0.15) is 4.52 Å². The van der Waals surface area contributed by atoms with Gasteiger partial charge in [0.2, 0.25) is 10.8 Å². The van der Waals surface area contributed by atoms with Crippen molar-refractivity contribution in [2.75, 3.05) is 26.2 Å². The third-order valence-electron chi connectivity index (χ3n) is 5.64. The van der Waals surface area contributed by atoms with Gasteiger partial charge in [0.05, 0.1) is 11.1 Å². The van der Waals surface area contributed by atoms with E-state index in [0.717, 1.165) is 60.6 Å². The van der Waals surface area contributed by atoms with Gasteiger partial charge in [0.1, 0.15) is 11.8 Å². The van der Waals surface area contributed by atoms with Crippen molar-refractivity contribution in [1.82, 2.24) is 24.4 Å². The molecular weight excluding hydrogens is 398 g/mol. The Hall–Kier alpha value is -2.68. The molecule has 1 aliphatic heterocycles. The number of aromatic nitrogens is 3. The lowest BCUT2D eigenvalue weighted by molar-refractivity contribution is 0.0970. The van der Waals surface area contributed by atoms with Crippen molar-refractivity contribution in [3.8, 4) is 5.88 Å². The molecule has 1 atom stereocenters.